The Kier molecular flexibility index (Phi) is 5.37. The molecule has 0 aliphatic carbocycles. The predicted molar refractivity (Wildman–Crippen MR) is 77.6 cm³/mol. The van der Waals surface area contributed by atoms with E-state index in [1.165, 1.54) is 4.90 Å². The highest BCUT2D eigenvalue weighted by molar-refractivity contribution is 5.98. The lowest BCUT2D eigenvalue weighted by Crippen LogP contribution is -2.44. The highest BCUT2D eigenvalue weighted by Crippen LogP contribution is 2.19. The van der Waals surface area contributed by atoms with Gasteiger partial charge in [0.1, 0.15) is 11.8 Å². The molecule has 110 valence electrons. The summed E-state index contributed by atoms with van der Waals surface area (Å²) < 4.78 is 5.33. The molecule has 2 amide bonds. The Morgan fingerprint density at radius 2 is 2.00 bits per heavy atom. The first kappa shape index (κ1) is 15.8. The number of benzene rings is 1. The third kappa shape index (κ3) is 4.15. The van der Waals surface area contributed by atoms with Crippen LogP contribution in [-0.4, -0.2) is 43.5 Å². The van der Waals surface area contributed by atoms with Crippen LogP contribution >= 0.6 is 0 Å². The van der Waals surface area contributed by atoms with Gasteiger partial charge in [-0.25, -0.2) is 0 Å². The average Bonchev–Trinajstić information content (AvgIpc) is 2.37. The summed E-state index contributed by atoms with van der Waals surface area (Å²) in [7, 11) is 3.28. The molecule has 1 rings (SSSR count). The van der Waals surface area contributed by atoms with Crippen LogP contribution in [0.1, 0.15) is 24.2 Å². The van der Waals surface area contributed by atoms with Crippen LogP contribution in [0.5, 0.6) is 5.75 Å². The van der Waals surface area contributed by atoms with E-state index in [4.69, 9.17) is 10.5 Å². The number of likely N-dealkylation sites (N-methyl/N-ethyl adjacent to an activating group) is 1. The number of nitrogen functional groups attached to an aromatic ring is 1. The molecule has 0 radical (unpaired) electrons. The average molecular weight is 279 g/mol. The molecule has 0 saturated heterocycles. The largest absolute Gasteiger partial charge is 0.494 e. The third-order valence-corrected chi connectivity index (χ3v) is 2.66. The molecule has 1 aromatic carbocycles. The van der Waals surface area contributed by atoms with Crippen molar-refractivity contribution in [1.82, 2.24) is 10.2 Å². The number of anilines is 1. The van der Waals surface area contributed by atoms with E-state index in [2.05, 4.69) is 5.32 Å². The number of hydrogen-bond donors (Lipinski definition) is 2. The molecule has 0 aromatic heterocycles. The van der Waals surface area contributed by atoms with E-state index in [1.54, 1.807) is 39.2 Å². The highest BCUT2D eigenvalue weighted by Gasteiger charge is 2.18. The summed E-state index contributed by atoms with van der Waals surface area (Å²) in [5, 5.41) is 2.63. The Balaban J connectivity index is 2.84. The van der Waals surface area contributed by atoms with Crippen LogP contribution in [0.15, 0.2) is 18.2 Å². The lowest BCUT2D eigenvalue weighted by Gasteiger charge is -2.18. The number of nitrogens with one attached hydrogen (secondary N) is 1. The van der Waals surface area contributed by atoms with Gasteiger partial charge in [0.2, 0.25) is 5.91 Å². The Morgan fingerprint density at radius 1 is 1.35 bits per heavy atom. The van der Waals surface area contributed by atoms with Crippen LogP contribution in [0.2, 0.25) is 0 Å². The van der Waals surface area contributed by atoms with E-state index in [0.29, 0.717) is 23.6 Å². The summed E-state index contributed by atoms with van der Waals surface area (Å²) in [4.78, 5) is 25.2. The van der Waals surface area contributed by atoms with E-state index < -0.39 is 6.04 Å². The second-order valence-electron chi connectivity index (χ2n) is 4.65. The van der Waals surface area contributed by atoms with Crippen molar-refractivity contribution in [2.24, 2.45) is 0 Å². The van der Waals surface area contributed by atoms with Crippen molar-refractivity contribution in [2.45, 2.75) is 19.9 Å². The SMILES string of the molecule is CCOc1cc(N)cc(C(=O)NC(C)C(=O)N(C)C)c1. The smallest absolute Gasteiger partial charge is 0.252 e. The second-order valence-corrected chi connectivity index (χ2v) is 4.65. The Labute approximate surface area is 118 Å². The molecular formula is C14H21N3O3. The zero-order valence-corrected chi connectivity index (χ0v) is 12.3. The monoisotopic (exact) mass is 279 g/mol. The number of nitrogens with two attached hydrogens (primary N) is 1. The maximum absolute atomic E-state index is 12.1. The molecule has 0 fully saturated rings. The standard InChI is InChI=1S/C14H21N3O3/c1-5-20-12-7-10(6-11(15)8-12)13(18)16-9(2)14(19)17(3)4/h6-9H,5,15H2,1-4H3,(H,16,18). The first-order valence-corrected chi connectivity index (χ1v) is 6.40. The van der Waals surface area contributed by atoms with Crippen molar-refractivity contribution >= 4 is 17.5 Å². The van der Waals surface area contributed by atoms with Crippen molar-refractivity contribution in [3.63, 3.8) is 0 Å². The fourth-order valence-electron chi connectivity index (χ4n) is 1.73. The minimum Gasteiger partial charge on any atom is -0.494 e. The summed E-state index contributed by atoms with van der Waals surface area (Å²) >= 11 is 0. The van der Waals surface area contributed by atoms with Crippen LogP contribution in [0.25, 0.3) is 0 Å². The van der Waals surface area contributed by atoms with E-state index in [0.717, 1.165) is 0 Å². The molecule has 6 heteroatoms. The first-order chi connectivity index (χ1) is 9.35. The van der Waals surface area contributed by atoms with Gasteiger partial charge in [-0.1, -0.05) is 0 Å². The summed E-state index contributed by atoms with van der Waals surface area (Å²) in [6.07, 6.45) is 0. The van der Waals surface area contributed by atoms with Crippen LogP contribution < -0.4 is 15.8 Å². The van der Waals surface area contributed by atoms with Crippen molar-refractivity contribution in [2.75, 3.05) is 26.4 Å². The van der Waals surface area contributed by atoms with Crippen molar-refractivity contribution in [3.8, 4) is 5.75 Å². The fraction of sp³-hybridized carbons (Fsp3) is 0.429. The summed E-state index contributed by atoms with van der Waals surface area (Å²) in [6.45, 7) is 3.97. The van der Waals surface area contributed by atoms with E-state index >= 15 is 0 Å². The van der Waals surface area contributed by atoms with Crippen LogP contribution in [0.4, 0.5) is 5.69 Å². The number of amides is 2. The molecule has 3 N–H and O–H groups in total. The van der Waals surface area contributed by atoms with E-state index in [9.17, 15) is 9.59 Å². The van der Waals surface area contributed by atoms with Gasteiger partial charge < -0.3 is 20.7 Å². The van der Waals surface area contributed by atoms with E-state index in [1.807, 2.05) is 6.92 Å². The molecule has 0 spiro atoms. The fourth-order valence-corrected chi connectivity index (χ4v) is 1.73. The third-order valence-electron chi connectivity index (χ3n) is 2.66. The lowest BCUT2D eigenvalue weighted by molar-refractivity contribution is -0.130. The molecule has 1 atom stereocenters. The summed E-state index contributed by atoms with van der Waals surface area (Å²) in [6, 6.07) is 4.19. The molecule has 0 aliphatic rings. The van der Waals surface area contributed by atoms with Crippen molar-refractivity contribution in [1.29, 1.82) is 0 Å². The Hall–Kier alpha value is -2.24. The minimum atomic E-state index is -0.602. The lowest BCUT2D eigenvalue weighted by atomic mass is 10.1. The topological polar surface area (TPSA) is 84.7 Å². The summed E-state index contributed by atoms with van der Waals surface area (Å²) in [5.41, 5.74) is 6.54. The quantitative estimate of drug-likeness (QED) is 0.783. The zero-order valence-electron chi connectivity index (χ0n) is 12.3. The molecule has 0 saturated carbocycles. The maximum Gasteiger partial charge on any atom is 0.252 e. The number of carbonyl (C=O) groups excluding carboxylic acids is 2. The molecule has 20 heavy (non-hydrogen) atoms. The van der Waals surface area contributed by atoms with Crippen LogP contribution in [0.3, 0.4) is 0 Å². The number of ether oxygens (including phenoxy) is 1. The molecule has 6 nitrogen and oxygen atoms in total. The van der Waals surface area contributed by atoms with Gasteiger partial charge in [0, 0.05) is 31.4 Å². The number of hydrogen-bond acceptors (Lipinski definition) is 4. The maximum atomic E-state index is 12.1. The van der Waals surface area contributed by atoms with Crippen molar-refractivity contribution < 1.29 is 14.3 Å². The predicted octanol–water partition coefficient (Wildman–Crippen LogP) is 0.874. The van der Waals surface area contributed by atoms with Gasteiger partial charge >= 0.3 is 0 Å². The number of nitrogens with zero attached hydrogens (tertiary/aromatic N) is 1. The van der Waals surface area contributed by atoms with Gasteiger partial charge in [-0.2, -0.15) is 0 Å². The Morgan fingerprint density at radius 3 is 2.55 bits per heavy atom. The normalized spacial score (nSPS) is 11.6. The molecular weight excluding hydrogens is 258 g/mol. The molecule has 0 heterocycles. The number of carbonyl (C=O) groups is 2. The minimum absolute atomic E-state index is 0.174. The highest BCUT2D eigenvalue weighted by atomic mass is 16.5. The molecule has 1 unspecified atom stereocenters. The van der Waals surface area contributed by atoms with Crippen LogP contribution in [0, 0.1) is 0 Å². The van der Waals surface area contributed by atoms with Gasteiger partial charge in [0.15, 0.2) is 0 Å². The Bertz CT molecular complexity index is 500. The molecule has 1 aromatic rings. The molecule has 0 bridgehead atoms. The van der Waals surface area contributed by atoms with Gasteiger partial charge in [-0.15, -0.1) is 0 Å². The van der Waals surface area contributed by atoms with Gasteiger partial charge in [0.25, 0.3) is 5.91 Å². The second kappa shape index (κ2) is 6.79. The van der Waals surface area contributed by atoms with Gasteiger partial charge in [-0.05, 0) is 26.0 Å². The van der Waals surface area contributed by atoms with Crippen molar-refractivity contribution in [3.05, 3.63) is 23.8 Å². The van der Waals surface area contributed by atoms with Gasteiger partial charge in [0.05, 0.1) is 6.61 Å². The first-order valence-electron chi connectivity index (χ1n) is 6.40. The summed E-state index contributed by atoms with van der Waals surface area (Å²) in [5.74, 6) is -0.00234. The van der Waals surface area contributed by atoms with E-state index in [-0.39, 0.29) is 11.8 Å². The molecule has 0 aliphatic heterocycles. The van der Waals surface area contributed by atoms with Crippen LogP contribution in [-0.2, 0) is 4.79 Å². The number of rotatable bonds is 5. The zero-order chi connectivity index (χ0) is 15.3. The van der Waals surface area contributed by atoms with Gasteiger partial charge in [-0.3, -0.25) is 9.59 Å².